The Labute approximate surface area is 139 Å². The van der Waals surface area contributed by atoms with Gasteiger partial charge in [0.15, 0.2) is 6.10 Å². The minimum absolute atomic E-state index is 0.143. The van der Waals surface area contributed by atoms with Crippen LogP contribution in [-0.4, -0.2) is 31.8 Å². The first-order chi connectivity index (χ1) is 10.5. The lowest BCUT2D eigenvalue weighted by Gasteiger charge is -2.18. The summed E-state index contributed by atoms with van der Waals surface area (Å²) < 4.78 is 64.0. The molecule has 0 spiro atoms. The Kier molecular flexibility index (Phi) is 5.07. The van der Waals surface area contributed by atoms with Crippen LogP contribution < -0.4 is 0 Å². The summed E-state index contributed by atoms with van der Waals surface area (Å²) in [5.74, 6) is 0. The number of hydrogen-bond acceptors (Lipinski definition) is 5. The van der Waals surface area contributed by atoms with Gasteiger partial charge in [0.25, 0.3) is 0 Å². The van der Waals surface area contributed by atoms with Crippen LogP contribution in [0.5, 0.6) is 0 Å². The molecule has 0 aromatic heterocycles. The van der Waals surface area contributed by atoms with Gasteiger partial charge in [-0.1, -0.05) is 27.2 Å². The Morgan fingerprint density at radius 3 is 2.61 bits per heavy atom. The molecule has 0 saturated heterocycles. The molecule has 0 fully saturated rings. The third-order valence-corrected chi connectivity index (χ3v) is 4.74. The van der Waals surface area contributed by atoms with Crippen LogP contribution >= 0.6 is 15.9 Å². The maximum Gasteiger partial charge on any atom is 0.523 e. The first kappa shape index (κ1) is 18.2. The molecule has 1 aromatic carbocycles. The first-order valence-corrected chi connectivity index (χ1v) is 8.69. The number of alkyl halides is 3. The molecular formula is C13H13BrF3NO4S. The van der Waals surface area contributed by atoms with Gasteiger partial charge in [0.05, 0.1) is 5.71 Å². The third kappa shape index (κ3) is 4.24. The minimum atomic E-state index is -5.67. The lowest BCUT2D eigenvalue weighted by molar-refractivity contribution is -0.0649. The molecule has 0 saturated carbocycles. The molecule has 2 atom stereocenters. The summed E-state index contributed by atoms with van der Waals surface area (Å²) >= 11 is 3.34. The molecule has 0 radical (unpaired) electrons. The summed E-state index contributed by atoms with van der Waals surface area (Å²) in [6.45, 7) is 3.07. The number of oxime groups is 1. The molecule has 1 heterocycles. The predicted octanol–water partition coefficient (Wildman–Crippen LogP) is 3.51. The van der Waals surface area contributed by atoms with Crippen LogP contribution in [0.2, 0.25) is 0 Å². The van der Waals surface area contributed by atoms with Gasteiger partial charge < -0.3 is 4.84 Å². The van der Waals surface area contributed by atoms with E-state index < -0.39 is 27.8 Å². The molecule has 0 bridgehead atoms. The molecule has 2 unspecified atom stereocenters. The van der Waals surface area contributed by atoms with Gasteiger partial charge in [-0.15, -0.1) is 0 Å². The third-order valence-electron chi connectivity index (χ3n) is 3.15. The summed E-state index contributed by atoms with van der Waals surface area (Å²) in [7, 11) is -5.67. The van der Waals surface area contributed by atoms with Crippen LogP contribution in [0.3, 0.4) is 0 Å². The van der Waals surface area contributed by atoms with Crippen molar-refractivity contribution in [3.63, 3.8) is 0 Å². The summed E-state index contributed by atoms with van der Waals surface area (Å²) in [5.41, 5.74) is -3.25. The van der Waals surface area contributed by atoms with Crippen LogP contribution in [-0.2, 0) is 19.1 Å². The number of hydrogen-bond donors (Lipinski definition) is 0. The van der Waals surface area contributed by atoms with E-state index in [1.165, 1.54) is 6.92 Å². The summed E-state index contributed by atoms with van der Waals surface area (Å²) in [5, 5.41) is 3.82. The number of nitrogens with zero attached hydrogens (tertiary/aromatic N) is 1. The Morgan fingerprint density at radius 2 is 2.04 bits per heavy atom. The van der Waals surface area contributed by atoms with E-state index in [0.717, 1.165) is 15.6 Å². The highest BCUT2D eigenvalue weighted by atomic mass is 79.9. The Hall–Kier alpha value is -1.13. The fraction of sp³-hybridized carbons (Fsp3) is 0.462. The maximum absolute atomic E-state index is 12.3. The van der Waals surface area contributed by atoms with Crippen molar-refractivity contribution < 1.29 is 30.6 Å². The standard InChI is InChI=1S/C13H13BrF3NO4S/c1-7-3-9(5-10(14)4-7)11-6-12(21-18-11)8(2)22-23(19,20)13(15,16)17/h3-5,8,12H,6H2,1-2H3. The van der Waals surface area contributed by atoms with Gasteiger partial charge in [-0.25, -0.2) is 0 Å². The average molecular weight is 416 g/mol. The molecule has 128 valence electrons. The van der Waals surface area contributed by atoms with Crippen LogP contribution in [0, 0.1) is 6.92 Å². The second kappa shape index (κ2) is 6.40. The van der Waals surface area contributed by atoms with E-state index in [4.69, 9.17) is 4.84 Å². The molecule has 0 aliphatic carbocycles. The Balaban J connectivity index is 2.07. The van der Waals surface area contributed by atoms with Crippen LogP contribution in [0.25, 0.3) is 0 Å². The van der Waals surface area contributed by atoms with Gasteiger partial charge in [0.2, 0.25) is 0 Å². The normalized spacial score (nSPS) is 20.1. The van der Waals surface area contributed by atoms with Crippen LogP contribution in [0.1, 0.15) is 24.5 Å². The van der Waals surface area contributed by atoms with Crippen molar-refractivity contribution in [1.82, 2.24) is 0 Å². The predicted molar refractivity (Wildman–Crippen MR) is 80.4 cm³/mol. The van der Waals surface area contributed by atoms with Gasteiger partial charge in [-0.3, -0.25) is 4.18 Å². The maximum atomic E-state index is 12.3. The molecule has 1 aromatic rings. The highest BCUT2D eigenvalue weighted by molar-refractivity contribution is 9.10. The molecule has 1 aliphatic rings. The minimum Gasteiger partial charge on any atom is -0.389 e. The summed E-state index contributed by atoms with van der Waals surface area (Å²) in [4.78, 5) is 5.04. The van der Waals surface area contributed by atoms with Crippen molar-refractivity contribution in [3.8, 4) is 0 Å². The van der Waals surface area contributed by atoms with E-state index >= 15 is 0 Å². The van der Waals surface area contributed by atoms with E-state index in [1.807, 2.05) is 19.1 Å². The van der Waals surface area contributed by atoms with Gasteiger partial charge in [0, 0.05) is 16.5 Å². The highest BCUT2D eigenvalue weighted by Crippen LogP contribution is 2.29. The average Bonchev–Trinajstić information content (AvgIpc) is 2.85. The fourth-order valence-corrected chi connectivity index (χ4v) is 3.28. The molecule has 5 nitrogen and oxygen atoms in total. The van der Waals surface area contributed by atoms with Gasteiger partial charge in [-0.05, 0) is 31.5 Å². The number of halogens is 4. The topological polar surface area (TPSA) is 65.0 Å². The van der Waals surface area contributed by atoms with Crippen molar-refractivity contribution in [2.24, 2.45) is 5.16 Å². The molecule has 10 heteroatoms. The second-order valence-corrected chi connectivity index (χ2v) is 7.58. The highest BCUT2D eigenvalue weighted by Gasteiger charge is 2.49. The van der Waals surface area contributed by atoms with Gasteiger partial charge in [0.1, 0.15) is 6.10 Å². The largest absolute Gasteiger partial charge is 0.523 e. The molecule has 2 rings (SSSR count). The van der Waals surface area contributed by atoms with Gasteiger partial charge in [-0.2, -0.15) is 21.6 Å². The molecule has 0 amide bonds. The zero-order chi connectivity index (χ0) is 17.4. The van der Waals surface area contributed by atoms with Crippen molar-refractivity contribution in [1.29, 1.82) is 0 Å². The monoisotopic (exact) mass is 415 g/mol. The number of benzene rings is 1. The summed E-state index contributed by atoms with van der Waals surface area (Å²) in [6.07, 6.45) is -2.10. The summed E-state index contributed by atoms with van der Waals surface area (Å²) in [6, 6.07) is 5.52. The van der Waals surface area contributed by atoms with Crippen molar-refractivity contribution in [3.05, 3.63) is 33.8 Å². The lowest BCUT2D eigenvalue weighted by Crippen LogP contribution is -2.34. The number of aryl methyl sites for hydroxylation is 1. The first-order valence-electron chi connectivity index (χ1n) is 6.49. The Bertz CT molecular complexity index is 713. The Morgan fingerprint density at radius 1 is 1.39 bits per heavy atom. The van der Waals surface area contributed by atoms with Crippen molar-refractivity contribution >= 4 is 31.8 Å². The molecular weight excluding hydrogens is 403 g/mol. The zero-order valence-corrected chi connectivity index (χ0v) is 14.5. The van der Waals surface area contributed by atoms with Crippen molar-refractivity contribution in [2.45, 2.75) is 38.0 Å². The van der Waals surface area contributed by atoms with Crippen LogP contribution in [0.15, 0.2) is 27.8 Å². The fourth-order valence-electron chi connectivity index (χ4n) is 2.04. The van der Waals surface area contributed by atoms with E-state index in [9.17, 15) is 21.6 Å². The molecule has 23 heavy (non-hydrogen) atoms. The van der Waals surface area contributed by atoms with E-state index in [0.29, 0.717) is 5.71 Å². The smallest absolute Gasteiger partial charge is 0.389 e. The molecule has 0 N–H and O–H groups in total. The van der Waals surface area contributed by atoms with E-state index in [2.05, 4.69) is 25.3 Å². The quantitative estimate of drug-likeness (QED) is 0.557. The SMILES string of the molecule is Cc1cc(Br)cc(C2=NOC(C(C)OS(=O)(=O)C(F)(F)F)C2)c1. The van der Waals surface area contributed by atoms with Gasteiger partial charge >= 0.3 is 15.6 Å². The molecule has 1 aliphatic heterocycles. The zero-order valence-electron chi connectivity index (χ0n) is 12.1. The van der Waals surface area contributed by atoms with E-state index in [1.54, 1.807) is 6.07 Å². The number of rotatable bonds is 4. The van der Waals surface area contributed by atoms with Crippen molar-refractivity contribution in [2.75, 3.05) is 0 Å². The van der Waals surface area contributed by atoms with Crippen LogP contribution in [0.4, 0.5) is 13.2 Å². The van der Waals surface area contributed by atoms with E-state index in [-0.39, 0.29) is 6.42 Å². The lowest BCUT2D eigenvalue weighted by atomic mass is 10.0. The second-order valence-electron chi connectivity index (χ2n) is 5.10.